The van der Waals surface area contributed by atoms with E-state index in [1.165, 1.54) is 11.3 Å². The van der Waals surface area contributed by atoms with Gasteiger partial charge in [-0.15, -0.1) is 16.4 Å². The number of amides is 3. The van der Waals surface area contributed by atoms with Crippen molar-refractivity contribution >= 4 is 50.6 Å². The minimum absolute atomic E-state index is 0.0668. The van der Waals surface area contributed by atoms with Crippen LogP contribution in [0.2, 0.25) is 0 Å². The van der Waals surface area contributed by atoms with Crippen molar-refractivity contribution in [3.63, 3.8) is 0 Å². The van der Waals surface area contributed by atoms with Crippen molar-refractivity contribution in [3.8, 4) is 11.6 Å². The predicted octanol–water partition coefficient (Wildman–Crippen LogP) is 4.35. The maximum atomic E-state index is 13.4. The highest BCUT2D eigenvalue weighted by molar-refractivity contribution is 7.21. The zero-order valence-corrected chi connectivity index (χ0v) is 20.3. The van der Waals surface area contributed by atoms with Crippen LogP contribution in [-0.4, -0.2) is 46.3 Å². The summed E-state index contributed by atoms with van der Waals surface area (Å²) in [6.07, 6.45) is 5.19. The number of nitrogens with one attached hydrogen (secondary N) is 3. The van der Waals surface area contributed by atoms with E-state index < -0.39 is 0 Å². The molecular formula is C25H23N7O3S. The minimum Gasteiger partial charge on any atom is -0.438 e. The summed E-state index contributed by atoms with van der Waals surface area (Å²) < 4.78 is 5.78. The topological polar surface area (TPSA) is 121 Å². The van der Waals surface area contributed by atoms with Crippen molar-refractivity contribution in [3.05, 3.63) is 59.2 Å². The highest BCUT2D eigenvalue weighted by atomic mass is 32.1. The fraction of sp³-hybridized carbons (Fsp3) is 0.240. The smallest absolute Gasteiger partial charge is 0.331 e. The summed E-state index contributed by atoms with van der Waals surface area (Å²) in [4.78, 5) is 33.8. The second-order valence-electron chi connectivity index (χ2n) is 8.71. The van der Waals surface area contributed by atoms with Crippen LogP contribution in [0, 0.1) is 6.92 Å². The highest BCUT2D eigenvalue weighted by Gasteiger charge is 2.33. The van der Waals surface area contributed by atoms with E-state index >= 15 is 0 Å². The average Bonchev–Trinajstić information content (AvgIpc) is 3.26. The first-order chi connectivity index (χ1) is 17.6. The standard InChI is InChI=1S/C25H23N7O3S/c1-14-12-16(35-19-5-3-10-28-31-19)6-7-17(14)32-18-8-11-27-24-20(18)21(30-25(32)34)22(36-24)23(33)29-15-4-2-9-26-13-15/h3,5-8,10-12,15,26H,2,4,9,13H2,1H3,(H,29,33)(H,30,34)/t15-/m1/s1. The van der Waals surface area contributed by atoms with Crippen LogP contribution in [0.5, 0.6) is 11.6 Å². The number of benzene rings is 1. The molecule has 2 aliphatic rings. The lowest BCUT2D eigenvalue weighted by atomic mass is 10.1. The third-order valence-electron chi connectivity index (χ3n) is 6.26. The number of nitrogens with zero attached hydrogens (tertiary/aromatic N) is 4. The second kappa shape index (κ2) is 9.17. The van der Waals surface area contributed by atoms with Gasteiger partial charge in [0.05, 0.1) is 22.4 Å². The molecule has 0 aliphatic carbocycles. The summed E-state index contributed by atoms with van der Waals surface area (Å²) in [6.45, 7) is 3.61. The van der Waals surface area contributed by atoms with Gasteiger partial charge >= 0.3 is 6.03 Å². The molecule has 0 bridgehead atoms. The molecule has 1 fully saturated rings. The Hall–Kier alpha value is -4.09. The Kier molecular flexibility index (Phi) is 5.70. The van der Waals surface area contributed by atoms with E-state index in [-0.39, 0.29) is 18.0 Å². The van der Waals surface area contributed by atoms with Crippen LogP contribution in [0.1, 0.15) is 28.1 Å². The molecule has 4 aromatic rings. The van der Waals surface area contributed by atoms with E-state index in [0.29, 0.717) is 38.4 Å². The quantitative estimate of drug-likeness (QED) is 0.372. The summed E-state index contributed by atoms with van der Waals surface area (Å²) in [5.41, 5.74) is 2.72. The molecule has 2 aliphatic heterocycles. The molecule has 0 saturated carbocycles. The molecule has 6 rings (SSSR count). The lowest BCUT2D eigenvalue weighted by Crippen LogP contribution is -2.45. The van der Waals surface area contributed by atoms with Gasteiger partial charge in [-0.2, -0.15) is 5.10 Å². The zero-order chi connectivity index (χ0) is 24.6. The number of aryl methyl sites for hydroxylation is 1. The molecule has 10 nitrogen and oxygen atoms in total. The average molecular weight is 502 g/mol. The van der Waals surface area contributed by atoms with Crippen molar-refractivity contribution in [2.45, 2.75) is 25.8 Å². The van der Waals surface area contributed by atoms with Crippen molar-refractivity contribution in [1.29, 1.82) is 0 Å². The molecular weight excluding hydrogens is 478 g/mol. The normalized spacial score (nSPS) is 17.1. The minimum atomic E-state index is -0.340. The van der Waals surface area contributed by atoms with E-state index in [9.17, 15) is 9.59 Å². The Balaban J connectivity index is 1.34. The molecule has 5 heterocycles. The van der Waals surface area contributed by atoms with Gasteiger partial charge in [0.1, 0.15) is 15.5 Å². The molecule has 1 saturated heterocycles. The maximum Gasteiger partial charge on any atom is 0.331 e. The summed E-state index contributed by atoms with van der Waals surface area (Å²) in [5.74, 6) is 0.776. The Labute approximate surface area is 210 Å². The van der Waals surface area contributed by atoms with Gasteiger partial charge < -0.3 is 20.7 Å². The fourth-order valence-corrected chi connectivity index (χ4v) is 5.64. The molecule has 11 heteroatoms. The molecule has 3 aromatic heterocycles. The maximum absolute atomic E-state index is 13.4. The van der Waals surface area contributed by atoms with Crippen LogP contribution in [0.25, 0.3) is 10.2 Å². The van der Waals surface area contributed by atoms with Crippen LogP contribution in [0.15, 0.2) is 48.8 Å². The second-order valence-corrected chi connectivity index (χ2v) is 9.71. The zero-order valence-electron chi connectivity index (χ0n) is 19.4. The Morgan fingerprint density at radius 2 is 2.14 bits per heavy atom. The number of urea groups is 1. The molecule has 36 heavy (non-hydrogen) atoms. The third-order valence-corrected chi connectivity index (χ3v) is 7.36. The van der Waals surface area contributed by atoms with E-state index in [1.807, 2.05) is 19.1 Å². The number of thiophene rings is 1. The molecule has 3 N–H and O–H groups in total. The Morgan fingerprint density at radius 1 is 1.22 bits per heavy atom. The first-order valence-corrected chi connectivity index (χ1v) is 12.5. The first kappa shape index (κ1) is 22.4. The van der Waals surface area contributed by atoms with E-state index in [4.69, 9.17) is 4.74 Å². The van der Waals surface area contributed by atoms with Crippen LogP contribution in [0.4, 0.5) is 21.9 Å². The number of carbonyl (C=O) groups is 2. The van der Waals surface area contributed by atoms with Gasteiger partial charge in [0.25, 0.3) is 5.91 Å². The molecule has 1 atom stereocenters. The van der Waals surface area contributed by atoms with Crippen LogP contribution in [-0.2, 0) is 0 Å². The monoisotopic (exact) mass is 501 g/mol. The summed E-state index contributed by atoms with van der Waals surface area (Å²) >= 11 is 1.29. The number of hydrogen-bond acceptors (Lipinski definition) is 8. The van der Waals surface area contributed by atoms with Gasteiger partial charge in [0.2, 0.25) is 5.88 Å². The molecule has 3 amide bonds. The third kappa shape index (κ3) is 4.01. The number of piperidine rings is 1. The SMILES string of the molecule is Cc1cc(Oc2cccnn2)ccc1N1C(=O)Nc2c(C(=O)N[C@@H]3CCCNC3)sc3nccc1c23. The molecule has 182 valence electrons. The van der Waals surface area contributed by atoms with Crippen molar-refractivity contribution in [1.82, 2.24) is 25.8 Å². The number of carbonyl (C=O) groups excluding carboxylic acids is 2. The lowest BCUT2D eigenvalue weighted by molar-refractivity contribution is 0.0935. The number of hydrogen-bond donors (Lipinski definition) is 3. The Morgan fingerprint density at radius 3 is 2.92 bits per heavy atom. The van der Waals surface area contributed by atoms with Crippen molar-refractivity contribution in [2.24, 2.45) is 0 Å². The number of anilines is 3. The molecule has 0 spiro atoms. The summed E-state index contributed by atoms with van der Waals surface area (Å²) in [6, 6.07) is 10.4. The van der Waals surface area contributed by atoms with E-state index in [0.717, 1.165) is 36.9 Å². The molecule has 0 radical (unpaired) electrons. The van der Waals surface area contributed by atoms with Gasteiger partial charge in [0, 0.05) is 31.0 Å². The Bertz CT molecular complexity index is 1470. The number of pyridine rings is 1. The van der Waals surface area contributed by atoms with Gasteiger partial charge in [-0.05, 0) is 62.2 Å². The molecule has 0 unspecified atom stereocenters. The van der Waals surface area contributed by atoms with Gasteiger partial charge in [-0.1, -0.05) is 0 Å². The largest absolute Gasteiger partial charge is 0.438 e. The summed E-state index contributed by atoms with van der Waals surface area (Å²) in [5, 5.41) is 17.9. The number of rotatable bonds is 5. The number of aromatic nitrogens is 3. The highest BCUT2D eigenvalue weighted by Crippen LogP contribution is 2.46. The van der Waals surface area contributed by atoms with Crippen LogP contribution < -0.4 is 25.6 Å². The van der Waals surface area contributed by atoms with Crippen molar-refractivity contribution in [2.75, 3.05) is 23.3 Å². The predicted molar refractivity (Wildman–Crippen MR) is 137 cm³/mol. The van der Waals surface area contributed by atoms with E-state index in [2.05, 4.69) is 31.1 Å². The molecule has 1 aromatic carbocycles. The lowest BCUT2D eigenvalue weighted by Gasteiger charge is -2.29. The number of ether oxygens (including phenoxy) is 1. The van der Waals surface area contributed by atoms with E-state index in [1.54, 1.807) is 41.6 Å². The first-order valence-electron chi connectivity index (χ1n) is 11.7. The van der Waals surface area contributed by atoms with Crippen LogP contribution in [0.3, 0.4) is 0 Å². The van der Waals surface area contributed by atoms with Gasteiger partial charge in [-0.3, -0.25) is 9.69 Å². The fourth-order valence-electron chi connectivity index (χ4n) is 4.61. The summed E-state index contributed by atoms with van der Waals surface area (Å²) in [7, 11) is 0. The van der Waals surface area contributed by atoms with Crippen molar-refractivity contribution < 1.29 is 14.3 Å². The van der Waals surface area contributed by atoms with Crippen LogP contribution >= 0.6 is 11.3 Å². The van der Waals surface area contributed by atoms with Gasteiger partial charge in [0.15, 0.2) is 0 Å². The van der Waals surface area contributed by atoms with Gasteiger partial charge in [-0.25, -0.2) is 9.78 Å².